The maximum absolute atomic E-state index is 12.0. The molecule has 25 heavy (non-hydrogen) atoms. The van der Waals surface area contributed by atoms with Gasteiger partial charge < -0.3 is 15.4 Å². The standard InChI is InChI=1S/C18H19ClN2O3S/c1-10(21-11(2)22)18(23)20-8-15-6-14-5-13(12-3-4-25-9-12)7-16(19)17(14)24-15/h3-5,7,9-10,15H,6,8H2,1-2H3,(H,20,23)(H,21,22)/t10-,15+/m0/s1. The largest absolute Gasteiger partial charge is 0.486 e. The summed E-state index contributed by atoms with van der Waals surface area (Å²) >= 11 is 8.01. The van der Waals surface area contributed by atoms with Gasteiger partial charge in [-0.3, -0.25) is 9.59 Å². The predicted molar refractivity (Wildman–Crippen MR) is 99.2 cm³/mol. The minimum atomic E-state index is -0.574. The van der Waals surface area contributed by atoms with Crippen molar-refractivity contribution in [2.75, 3.05) is 6.54 Å². The molecule has 2 aromatic rings. The Morgan fingerprint density at radius 1 is 1.40 bits per heavy atom. The summed E-state index contributed by atoms with van der Waals surface area (Å²) in [6.07, 6.45) is 0.515. The monoisotopic (exact) mass is 378 g/mol. The van der Waals surface area contributed by atoms with Gasteiger partial charge >= 0.3 is 0 Å². The number of ether oxygens (including phenoxy) is 1. The maximum atomic E-state index is 12.0. The molecule has 0 saturated heterocycles. The first-order chi connectivity index (χ1) is 11.9. The van der Waals surface area contributed by atoms with Crippen molar-refractivity contribution in [3.63, 3.8) is 0 Å². The zero-order valence-electron chi connectivity index (χ0n) is 14.0. The minimum Gasteiger partial charge on any atom is -0.486 e. The van der Waals surface area contributed by atoms with Crippen molar-refractivity contribution in [3.05, 3.63) is 39.5 Å². The van der Waals surface area contributed by atoms with Crippen molar-refractivity contribution in [1.29, 1.82) is 0 Å². The summed E-state index contributed by atoms with van der Waals surface area (Å²) < 4.78 is 5.89. The molecule has 0 spiro atoms. The number of hydrogen-bond donors (Lipinski definition) is 2. The van der Waals surface area contributed by atoms with Crippen molar-refractivity contribution < 1.29 is 14.3 Å². The number of amides is 2. The smallest absolute Gasteiger partial charge is 0.242 e. The molecule has 7 heteroatoms. The normalized spacial score (nSPS) is 16.7. The topological polar surface area (TPSA) is 67.4 Å². The minimum absolute atomic E-state index is 0.168. The molecule has 0 bridgehead atoms. The van der Waals surface area contributed by atoms with E-state index in [0.29, 0.717) is 23.7 Å². The quantitative estimate of drug-likeness (QED) is 0.840. The summed E-state index contributed by atoms with van der Waals surface area (Å²) in [7, 11) is 0. The molecular formula is C18H19ClN2O3S. The average Bonchev–Trinajstić information content (AvgIpc) is 3.21. The van der Waals surface area contributed by atoms with E-state index in [0.717, 1.165) is 16.7 Å². The van der Waals surface area contributed by atoms with Gasteiger partial charge in [0.25, 0.3) is 0 Å². The van der Waals surface area contributed by atoms with Gasteiger partial charge in [-0.25, -0.2) is 0 Å². The maximum Gasteiger partial charge on any atom is 0.242 e. The van der Waals surface area contributed by atoms with E-state index >= 15 is 0 Å². The Labute approximate surface area is 155 Å². The highest BCUT2D eigenvalue weighted by Gasteiger charge is 2.27. The molecule has 1 aliphatic heterocycles. The average molecular weight is 379 g/mol. The van der Waals surface area contributed by atoms with E-state index in [1.54, 1.807) is 18.3 Å². The van der Waals surface area contributed by atoms with Gasteiger partial charge in [-0.2, -0.15) is 11.3 Å². The number of halogens is 1. The second kappa shape index (κ2) is 7.45. The third kappa shape index (κ3) is 4.14. The van der Waals surface area contributed by atoms with Crippen molar-refractivity contribution in [3.8, 4) is 16.9 Å². The summed E-state index contributed by atoms with van der Waals surface area (Å²) in [5, 5.41) is 10.1. The molecule has 1 aliphatic rings. The Kier molecular flexibility index (Phi) is 5.30. The Hall–Kier alpha value is -2.05. The van der Waals surface area contributed by atoms with Gasteiger partial charge in [-0.1, -0.05) is 11.6 Å². The first kappa shape index (κ1) is 17.8. The number of fused-ring (bicyclic) bond motifs is 1. The molecule has 0 unspecified atom stereocenters. The van der Waals surface area contributed by atoms with Crippen molar-refractivity contribution in [2.45, 2.75) is 32.4 Å². The van der Waals surface area contributed by atoms with Crippen LogP contribution in [0.25, 0.3) is 11.1 Å². The molecule has 132 valence electrons. The summed E-state index contributed by atoms with van der Waals surface area (Å²) in [6.45, 7) is 3.39. The number of benzene rings is 1. The van der Waals surface area contributed by atoms with Crippen LogP contribution in [-0.4, -0.2) is 30.5 Å². The molecule has 1 aromatic carbocycles. The summed E-state index contributed by atoms with van der Waals surface area (Å²) in [5.41, 5.74) is 3.25. The van der Waals surface area contributed by atoms with E-state index in [1.807, 2.05) is 11.4 Å². The molecule has 2 amide bonds. The van der Waals surface area contributed by atoms with Crippen LogP contribution in [0.2, 0.25) is 5.02 Å². The molecule has 2 heterocycles. The van der Waals surface area contributed by atoms with Crippen LogP contribution in [-0.2, 0) is 16.0 Å². The number of nitrogens with one attached hydrogen (secondary N) is 2. The lowest BCUT2D eigenvalue weighted by molar-refractivity contribution is -0.127. The van der Waals surface area contributed by atoms with Gasteiger partial charge in [-0.15, -0.1) is 0 Å². The van der Waals surface area contributed by atoms with Crippen LogP contribution in [0.1, 0.15) is 19.4 Å². The third-order valence-corrected chi connectivity index (χ3v) is 4.99. The Bertz CT molecular complexity index is 792. The number of rotatable bonds is 5. The van der Waals surface area contributed by atoms with Crippen molar-refractivity contribution in [2.24, 2.45) is 0 Å². The Balaban J connectivity index is 1.63. The number of carbonyl (C=O) groups is 2. The van der Waals surface area contributed by atoms with E-state index in [4.69, 9.17) is 16.3 Å². The number of carbonyl (C=O) groups excluding carboxylic acids is 2. The Morgan fingerprint density at radius 3 is 2.88 bits per heavy atom. The third-order valence-electron chi connectivity index (χ3n) is 4.02. The molecule has 0 fully saturated rings. The Morgan fingerprint density at radius 2 is 2.20 bits per heavy atom. The molecule has 3 rings (SSSR count). The van der Waals surface area contributed by atoms with Crippen LogP contribution in [0.15, 0.2) is 29.0 Å². The first-order valence-electron chi connectivity index (χ1n) is 8.00. The molecule has 1 aromatic heterocycles. The van der Waals surface area contributed by atoms with Crippen molar-refractivity contribution in [1.82, 2.24) is 10.6 Å². The van der Waals surface area contributed by atoms with Gasteiger partial charge in [0.05, 0.1) is 11.6 Å². The lowest BCUT2D eigenvalue weighted by Gasteiger charge is -2.16. The number of thiophene rings is 1. The highest BCUT2D eigenvalue weighted by atomic mass is 35.5. The van der Waals surface area contributed by atoms with Crippen LogP contribution in [0.3, 0.4) is 0 Å². The van der Waals surface area contributed by atoms with E-state index in [2.05, 4.69) is 28.1 Å². The molecule has 0 saturated carbocycles. The predicted octanol–water partition coefficient (Wildman–Crippen LogP) is 3.01. The highest BCUT2D eigenvalue weighted by molar-refractivity contribution is 7.08. The van der Waals surface area contributed by atoms with Crippen LogP contribution >= 0.6 is 22.9 Å². The lowest BCUT2D eigenvalue weighted by Crippen LogP contribution is -2.46. The van der Waals surface area contributed by atoms with Gasteiger partial charge in [0.2, 0.25) is 11.8 Å². The lowest BCUT2D eigenvalue weighted by atomic mass is 10.0. The van der Waals surface area contributed by atoms with Crippen LogP contribution in [0, 0.1) is 0 Å². The molecule has 0 radical (unpaired) electrons. The zero-order chi connectivity index (χ0) is 18.0. The van der Waals surface area contributed by atoms with E-state index in [9.17, 15) is 9.59 Å². The van der Waals surface area contributed by atoms with E-state index < -0.39 is 6.04 Å². The van der Waals surface area contributed by atoms with Crippen LogP contribution in [0.5, 0.6) is 5.75 Å². The highest BCUT2D eigenvalue weighted by Crippen LogP contribution is 2.39. The van der Waals surface area contributed by atoms with E-state index in [-0.39, 0.29) is 17.9 Å². The van der Waals surface area contributed by atoms with Gasteiger partial charge in [0.1, 0.15) is 17.9 Å². The fourth-order valence-corrected chi connectivity index (χ4v) is 3.78. The number of hydrogen-bond acceptors (Lipinski definition) is 4. The summed E-state index contributed by atoms with van der Waals surface area (Å²) in [4.78, 5) is 23.0. The van der Waals surface area contributed by atoms with Crippen LogP contribution in [0.4, 0.5) is 0 Å². The fourth-order valence-electron chi connectivity index (χ4n) is 2.83. The van der Waals surface area contributed by atoms with Gasteiger partial charge in [0.15, 0.2) is 0 Å². The van der Waals surface area contributed by atoms with E-state index in [1.165, 1.54) is 6.92 Å². The fraction of sp³-hybridized carbons (Fsp3) is 0.333. The molecule has 2 N–H and O–H groups in total. The molecular weight excluding hydrogens is 360 g/mol. The van der Waals surface area contributed by atoms with Gasteiger partial charge in [0, 0.05) is 18.9 Å². The summed E-state index contributed by atoms with van der Waals surface area (Å²) in [5.74, 6) is 0.217. The van der Waals surface area contributed by atoms with Crippen LogP contribution < -0.4 is 15.4 Å². The first-order valence-corrected chi connectivity index (χ1v) is 9.32. The zero-order valence-corrected chi connectivity index (χ0v) is 15.5. The molecule has 2 atom stereocenters. The summed E-state index contributed by atoms with van der Waals surface area (Å²) in [6, 6.07) is 5.47. The molecule has 5 nitrogen and oxygen atoms in total. The van der Waals surface area contributed by atoms with Gasteiger partial charge in [-0.05, 0) is 47.0 Å². The second-order valence-corrected chi connectivity index (χ2v) is 7.26. The van der Waals surface area contributed by atoms with Crippen molar-refractivity contribution >= 4 is 34.8 Å². The second-order valence-electron chi connectivity index (χ2n) is 6.07. The molecule has 0 aliphatic carbocycles. The SMILES string of the molecule is CC(=O)N[C@@H](C)C(=O)NC[C@H]1Cc2cc(-c3ccsc3)cc(Cl)c2O1.